The molecular weight excluding hydrogens is 348 g/mol. The van der Waals surface area contributed by atoms with Gasteiger partial charge < -0.3 is 10.4 Å². The van der Waals surface area contributed by atoms with Crippen molar-refractivity contribution in [3.05, 3.63) is 64.9 Å². The summed E-state index contributed by atoms with van der Waals surface area (Å²) in [6.45, 7) is 5.32. The monoisotopic (exact) mass is 366 g/mol. The second-order valence-corrected chi connectivity index (χ2v) is 6.68. The van der Waals surface area contributed by atoms with Crippen LogP contribution in [0, 0.1) is 13.8 Å². The van der Waals surface area contributed by atoms with Crippen LogP contribution in [0.3, 0.4) is 0 Å². The summed E-state index contributed by atoms with van der Waals surface area (Å²) >= 11 is 6.29. The lowest BCUT2D eigenvalue weighted by Gasteiger charge is -2.14. The van der Waals surface area contributed by atoms with Crippen molar-refractivity contribution >= 4 is 23.2 Å². The third-order valence-electron chi connectivity index (χ3n) is 4.05. The van der Waals surface area contributed by atoms with Crippen LogP contribution in [0.15, 0.2) is 48.7 Å². The zero-order chi connectivity index (χ0) is 18.8. The van der Waals surface area contributed by atoms with Crippen molar-refractivity contribution in [1.82, 2.24) is 4.98 Å². The molecule has 1 heterocycles. The number of nitrogens with zero attached hydrogens (tertiary/aromatic N) is 1. The molecule has 0 saturated heterocycles. The van der Waals surface area contributed by atoms with Gasteiger partial charge >= 0.3 is 0 Å². The number of aromatic nitrogens is 1. The number of phenols is 1. The molecule has 0 fully saturated rings. The van der Waals surface area contributed by atoms with Crippen LogP contribution in [0.1, 0.15) is 18.2 Å². The first-order valence-corrected chi connectivity index (χ1v) is 8.57. The Morgan fingerprint density at radius 1 is 1.04 bits per heavy atom. The minimum absolute atomic E-state index is 0.185. The Morgan fingerprint density at radius 2 is 1.69 bits per heavy atom. The van der Waals surface area contributed by atoms with Crippen molar-refractivity contribution in [1.29, 1.82) is 0 Å². The van der Waals surface area contributed by atoms with E-state index in [-0.39, 0.29) is 11.7 Å². The van der Waals surface area contributed by atoms with E-state index < -0.39 is 0 Å². The van der Waals surface area contributed by atoms with Gasteiger partial charge in [0.25, 0.3) is 0 Å². The van der Waals surface area contributed by atoms with E-state index in [9.17, 15) is 9.90 Å². The Bertz CT molecular complexity index is 999. The van der Waals surface area contributed by atoms with Crippen LogP contribution in [0.4, 0.5) is 5.69 Å². The van der Waals surface area contributed by atoms with Gasteiger partial charge in [-0.05, 0) is 66.9 Å². The number of pyridine rings is 1. The number of aromatic hydroxyl groups is 1. The van der Waals surface area contributed by atoms with Crippen molar-refractivity contribution in [3.8, 4) is 28.0 Å². The largest absolute Gasteiger partial charge is 0.507 e. The number of phenolic OH excluding ortho intramolecular Hbond substituents is 1. The molecule has 0 aliphatic heterocycles. The van der Waals surface area contributed by atoms with Gasteiger partial charge in [0.2, 0.25) is 5.91 Å². The lowest BCUT2D eigenvalue weighted by Crippen LogP contribution is -2.06. The van der Waals surface area contributed by atoms with Crippen LogP contribution in [-0.4, -0.2) is 16.0 Å². The van der Waals surface area contributed by atoms with Gasteiger partial charge in [-0.15, -0.1) is 0 Å². The van der Waals surface area contributed by atoms with Crippen molar-refractivity contribution in [3.63, 3.8) is 0 Å². The maximum Gasteiger partial charge on any atom is 0.221 e. The molecule has 0 aliphatic rings. The minimum atomic E-state index is -0.187. The number of rotatable bonds is 3. The van der Waals surface area contributed by atoms with Crippen LogP contribution in [0.5, 0.6) is 5.75 Å². The molecule has 0 atom stereocenters. The molecule has 0 bridgehead atoms. The van der Waals surface area contributed by atoms with E-state index in [1.807, 2.05) is 44.2 Å². The fourth-order valence-corrected chi connectivity index (χ4v) is 3.13. The molecule has 0 radical (unpaired) electrons. The van der Waals surface area contributed by atoms with Crippen LogP contribution in [0.25, 0.3) is 22.3 Å². The van der Waals surface area contributed by atoms with Gasteiger partial charge in [-0.25, -0.2) is 0 Å². The first-order valence-electron chi connectivity index (χ1n) is 8.19. The first-order chi connectivity index (χ1) is 12.3. The van der Waals surface area contributed by atoms with Gasteiger partial charge in [-0.2, -0.15) is 0 Å². The maximum atomic E-state index is 11.2. The maximum absolute atomic E-state index is 11.2. The number of hydrogen-bond acceptors (Lipinski definition) is 3. The number of anilines is 1. The van der Waals surface area contributed by atoms with Gasteiger partial charge in [-0.3, -0.25) is 9.78 Å². The summed E-state index contributed by atoms with van der Waals surface area (Å²) in [5, 5.41) is 14.0. The smallest absolute Gasteiger partial charge is 0.221 e. The third-order valence-corrected chi connectivity index (χ3v) is 4.37. The molecule has 0 saturated carbocycles. The van der Waals surface area contributed by atoms with Crippen LogP contribution >= 0.6 is 11.6 Å². The summed E-state index contributed by atoms with van der Waals surface area (Å²) < 4.78 is 0. The SMILES string of the molecule is CC(=O)Nc1ccc(-c2cc(C)cc(-c3ccnc(C)c3)c2O)cc1Cl. The molecule has 5 heteroatoms. The summed E-state index contributed by atoms with van der Waals surface area (Å²) in [4.78, 5) is 15.4. The van der Waals surface area contributed by atoms with Crippen molar-refractivity contribution < 1.29 is 9.90 Å². The standard InChI is InChI=1S/C21H19ClN2O2/c1-12-8-17(15-4-5-20(19(22)11-15)24-14(3)25)21(26)18(9-12)16-6-7-23-13(2)10-16/h4-11,26H,1-3H3,(H,24,25). The van der Waals surface area contributed by atoms with E-state index in [0.29, 0.717) is 16.3 Å². The minimum Gasteiger partial charge on any atom is -0.507 e. The van der Waals surface area contributed by atoms with Crippen molar-refractivity contribution in [2.45, 2.75) is 20.8 Å². The molecule has 3 aromatic rings. The highest BCUT2D eigenvalue weighted by atomic mass is 35.5. The summed E-state index contributed by atoms with van der Waals surface area (Å²) in [5.74, 6) is -0.00191. The lowest BCUT2D eigenvalue weighted by atomic mass is 9.95. The number of carbonyl (C=O) groups is 1. The van der Waals surface area contributed by atoms with Crippen LogP contribution in [0.2, 0.25) is 5.02 Å². The Labute approximate surface area is 157 Å². The zero-order valence-corrected chi connectivity index (χ0v) is 15.6. The summed E-state index contributed by atoms with van der Waals surface area (Å²) in [5.41, 5.74) is 5.55. The summed E-state index contributed by atoms with van der Waals surface area (Å²) in [6.07, 6.45) is 1.73. The molecule has 3 rings (SSSR count). The third kappa shape index (κ3) is 3.70. The summed E-state index contributed by atoms with van der Waals surface area (Å²) in [7, 11) is 0. The molecule has 26 heavy (non-hydrogen) atoms. The summed E-state index contributed by atoms with van der Waals surface area (Å²) in [6, 6.07) is 13.0. The predicted octanol–water partition coefficient (Wildman–Crippen LogP) is 5.35. The first kappa shape index (κ1) is 18.0. The molecule has 0 unspecified atom stereocenters. The molecule has 2 N–H and O–H groups in total. The van der Waals surface area contributed by atoms with Crippen LogP contribution in [-0.2, 0) is 4.79 Å². The molecule has 132 valence electrons. The van der Waals surface area contributed by atoms with Crippen molar-refractivity contribution in [2.24, 2.45) is 0 Å². The molecular formula is C21H19ClN2O2. The van der Waals surface area contributed by atoms with E-state index in [0.717, 1.165) is 27.9 Å². The zero-order valence-electron chi connectivity index (χ0n) is 14.8. The molecule has 0 aliphatic carbocycles. The molecule has 0 spiro atoms. The molecule has 1 amide bonds. The predicted molar refractivity (Wildman–Crippen MR) is 106 cm³/mol. The number of nitrogens with one attached hydrogen (secondary N) is 1. The highest BCUT2D eigenvalue weighted by Crippen LogP contribution is 2.40. The second-order valence-electron chi connectivity index (χ2n) is 6.27. The number of benzene rings is 2. The number of halogens is 1. The van der Waals surface area contributed by atoms with Crippen LogP contribution < -0.4 is 5.32 Å². The number of amides is 1. The fourth-order valence-electron chi connectivity index (χ4n) is 2.91. The Kier molecular flexibility index (Phi) is 4.96. The number of aryl methyl sites for hydroxylation is 2. The van der Waals surface area contributed by atoms with Gasteiger partial charge in [0, 0.05) is 29.9 Å². The quantitative estimate of drug-likeness (QED) is 0.656. The Morgan fingerprint density at radius 3 is 2.27 bits per heavy atom. The van der Waals surface area contributed by atoms with E-state index >= 15 is 0 Å². The highest BCUT2D eigenvalue weighted by Gasteiger charge is 2.14. The second kappa shape index (κ2) is 7.18. The van der Waals surface area contributed by atoms with Gasteiger partial charge in [0.1, 0.15) is 5.75 Å². The normalized spacial score (nSPS) is 10.6. The van der Waals surface area contributed by atoms with E-state index in [4.69, 9.17) is 11.6 Å². The Hall–Kier alpha value is -2.85. The molecule has 1 aromatic heterocycles. The topological polar surface area (TPSA) is 62.2 Å². The molecule has 2 aromatic carbocycles. The van der Waals surface area contributed by atoms with Gasteiger partial charge in [0.15, 0.2) is 0 Å². The number of carbonyl (C=O) groups excluding carboxylic acids is 1. The highest BCUT2D eigenvalue weighted by molar-refractivity contribution is 6.34. The molecule has 4 nitrogen and oxygen atoms in total. The number of hydrogen-bond donors (Lipinski definition) is 2. The van der Waals surface area contributed by atoms with E-state index in [1.165, 1.54) is 6.92 Å². The average molecular weight is 367 g/mol. The average Bonchev–Trinajstić information content (AvgIpc) is 2.58. The fraction of sp³-hybridized carbons (Fsp3) is 0.143. The van der Waals surface area contributed by atoms with Gasteiger partial charge in [-0.1, -0.05) is 17.7 Å². The Balaban J connectivity index is 2.12. The van der Waals surface area contributed by atoms with Gasteiger partial charge in [0.05, 0.1) is 10.7 Å². The van der Waals surface area contributed by atoms with E-state index in [2.05, 4.69) is 10.3 Å². The lowest BCUT2D eigenvalue weighted by molar-refractivity contribution is -0.114. The van der Waals surface area contributed by atoms with E-state index in [1.54, 1.807) is 18.3 Å². The van der Waals surface area contributed by atoms with Crippen molar-refractivity contribution in [2.75, 3.05) is 5.32 Å².